The van der Waals surface area contributed by atoms with Crippen LogP contribution in [0.15, 0.2) is 48.5 Å². The van der Waals surface area contributed by atoms with Crippen molar-refractivity contribution in [1.82, 2.24) is 4.90 Å². The van der Waals surface area contributed by atoms with Crippen LogP contribution in [0.1, 0.15) is 10.9 Å². The van der Waals surface area contributed by atoms with E-state index in [2.05, 4.69) is 0 Å². The first-order chi connectivity index (χ1) is 12.6. The lowest BCUT2D eigenvalue weighted by molar-refractivity contribution is -0.384. The van der Waals surface area contributed by atoms with E-state index in [0.29, 0.717) is 30.4 Å². The van der Waals surface area contributed by atoms with Gasteiger partial charge in [0.1, 0.15) is 12.0 Å². The molecule has 1 saturated heterocycles. The van der Waals surface area contributed by atoms with Crippen LogP contribution in [0.3, 0.4) is 0 Å². The highest BCUT2D eigenvalue weighted by molar-refractivity contribution is 8.00. The van der Waals surface area contributed by atoms with Crippen LogP contribution in [0.2, 0.25) is 0 Å². The van der Waals surface area contributed by atoms with Crippen molar-refractivity contribution in [3.05, 3.63) is 64.2 Å². The fraction of sp³-hybridized carbons (Fsp3) is 0.278. The number of benzene rings is 2. The summed E-state index contributed by atoms with van der Waals surface area (Å²) in [5.74, 6) is 1.59. The molecule has 1 aliphatic rings. The third-order valence-electron chi connectivity index (χ3n) is 3.99. The van der Waals surface area contributed by atoms with Gasteiger partial charge in [-0.2, -0.15) is 0 Å². The van der Waals surface area contributed by atoms with Gasteiger partial charge in [0.25, 0.3) is 5.69 Å². The summed E-state index contributed by atoms with van der Waals surface area (Å²) in [5, 5.41) is 10.7. The molecule has 7 nitrogen and oxygen atoms in total. The summed E-state index contributed by atoms with van der Waals surface area (Å²) in [4.78, 5) is 24.5. The predicted molar refractivity (Wildman–Crippen MR) is 98.5 cm³/mol. The van der Waals surface area contributed by atoms with Crippen molar-refractivity contribution >= 4 is 23.4 Å². The first-order valence-corrected chi connectivity index (χ1v) is 9.06. The van der Waals surface area contributed by atoms with Crippen molar-refractivity contribution in [3.63, 3.8) is 0 Å². The van der Waals surface area contributed by atoms with Crippen LogP contribution in [0.4, 0.5) is 5.69 Å². The smallest absolute Gasteiger partial charge is 0.269 e. The number of ether oxygens (including phenoxy) is 2. The quantitative estimate of drug-likeness (QED) is 0.546. The maximum absolute atomic E-state index is 12.2. The van der Waals surface area contributed by atoms with Crippen molar-refractivity contribution < 1.29 is 19.2 Å². The van der Waals surface area contributed by atoms with Crippen molar-refractivity contribution in [2.45, 2.75) is 5.37 Å². The zero-order chi connectivity index (χ0) is 18.5. The number of carbonyl (C=O) groups excluding carboxylic acids is 1. The van der Waals surface area contributed by atoms with Gasteiger partial charge >= 0.3 is 0 Å². The number of nitro benzene ring substituents is 1. The molecule has 0 saturated carbocycles. The molecular formula is C18H18N2O5S. The van der Waals surface area contributed by atoms with Crippen LogP contribution in [0, 0.1) is 10.1 Å². The molecular weight excluding hydrogens is 356 g/mol. The Bertz CT molecular complexity index is 814. The Labute approximate surface area is 155 Å². The fourth-order valence-corrected chi connectivity index (χ4v) is 3.96. The van der Waals surface area contributed by atoms with Gasteiger partial charge in [-0.1, -0.05) is 24.3 Å². The number of rotatable bonds is 7. The van der Waals surface area contributed by atoms with Crippen molar-refractivity contribution in [3.8, 4) is 11.5 Å². The third-order valence-corrected chi connectivity index (χ3v) is 5.25. The monoisotopic (exact) mass is 374 g/mol. The number of carbonyl (C=O) groups is 1. The molecule has 3 rings (SSSR count). The third kappa shape index (κ3) is 3.91. The van der Waals surface area contributed by atoms with Crippen molar-refractivity contribution in [2.24, 2.45) is 0 Å². The predicted octanol–water partition coefficient (Wildman–Crippen LogP) is 3.26. The highest BCUT2D eigenvalue weighted by Gasteiger charge is 2.33. The summed E-state index contributed by atoms with van der Waals surface area (Å²) in [6.45, 7) is 0.690. The van der Waals surface area contributed by atoms with E-state index in [4.69, 9.17) is 9.47 Å². The Balaban J connectivity index is 1.68. The first-order valence-electron chi connectivity index (χ1n) is 8.01. The van der Waals surface area contributed by atoms with E-state index in [1.165, 1.54) is 23.9 Å². The second kappa shape index (κ2) is 8.09. The topological polar surface area (TPSA) is 81.9 Å². The zero-order valence-corrected chi connectivity index (χ0v) is 15.0. The average Bonchev–Trinajstić information content (AvgIpc) is 3.03. The molecule has 0 radical (unpaired) electrons. The lowest BCUT2D eigenvalue weighted by Crippen LogP contribution is -2.32. The lowest BCUT2D eigenvalue weighted by atomic mass is 10.2. The maximum Gasteiger partial charge on any atom is 0.269 e. The van der Waals surface area contributed by atoms with Gasteiger partial charge in [-0.15, -0.1) is 11.8 Å². The minimum absolute atomic E-state index is 0.00451. The number of hydrogen-bond donors (Lipinski definition) is 0. The van der Waals surface area contributed by atoms with Gasteiger partial charge in [-0.25, -0.2) is 0 Å². The number of methoxy groups -OCH3 is 1. The van der Waals surface area contributed by atoms with E-state index >= 15 is 0 Å². The summed E-state index contributed by atoms with van der Waals surface area (Å²) >= 11 is 1.46. The molecule has 0 N–H and O–H groups in total. The summed E-state index contributed by atoms with van der Waals surface area (Å²) in [6, 6.07) is 13.7. The van der Waals surface area contributed by atoms with Gasteiger partial charge in [0.05, 0.1) is 24.3 Å². The van der Waals surface area contributed by atoms with E-state index in [9.17, 15) is 14.9 Å². The normalized spacial score (nSPS) is 16.6. The van der Waals surface area contributed by atoms with Crippen LogP contribution in [-0.2, 0) is 4.79 Å². The lowest BCUT2D eigenvalue weighted by Gasteiger charge is -2.24. The molecule has 0 unspecified atom stereocenters. The van der Waals surface area contributed by atoms with E-state index in [-0.39, 0.29) is 17.0 Å². The van der Waals surface area contributed by atoms with E-state index in [0.717, 1.165) is 5.56 Å². The highest BCUT2D eigenvalue weighted by Crippen LogP contribution is 2.39. The van der Waals surface area contributed by atoms with Crippen molar-refractivity contribution in [2.75, 3.05) is 26.0 Å². The number of amides is 1. The van der Waals surface area contributed by atoms with Gasteiger partial charge in [0.2, 0.25) is 5.91 Å². The fourth-order valence-electron chi connectivity index (χ4n) is 2.76. The number of nitro groups is 1. The molecule has 0 bridgehead atoms. The Kier molecular flexibility index (Phi) is 5.62. The van der Waals surface area contributed by atoms with Crippen LogP contribution in [-0.4, -0.2) is 41.7 Å². The van der Waals surface area contributed by atoms with Crippen LogP contribution < -0.4 is 9.47 Å². The largest absolute Gasteiger partial charge is 0.493 e. The minimum Gasteiger partial charge on any atom is -0.493 e. The Morgan fingerprint density at radius 2 is 2.00 bits per heavy atom. The summed E-state index contributed by atoms with van der Waals surface area (Å²) in [6.07, 6.45) is 0. The molecule has 1 heterocycles. The molecule has 1 fully saturated rings. The van der Waals surface area contributed by atoms with E-state index in [1.807, 2.05) is 12.1 Å². The summed E-state index contributed by atoms with van der Waals surface area (Å²) in [7, 11) is 1.57. The maximum atomic E-state index is 12.2. The van der Waals surface area contributed by atoms with E-state index in [1.54, 1.807) is 36.3 Å². The number of hydrogen-bond acceptors (Lipinski definition) is 6. The molecule has 26 heavy (non-hydrogen) atoms. The standard InChI is InChI=1S/C18H18N2O5S/c1-24-15-7-2-3-8-16(15)25-10-9-19-17(21)12-26-18(19)13-5-4-6-14(11-13)20(22)23/h2-8,11,18H,9-10,12H2,1H3/t18-/m0/s1. The van der Waals surface area contributed by atoms with Crippen LogP contribution in [0.5, 0.6) is 11.5 Å². The molecule has 8 heteroatoms. The van der Waals surface area contributed by atoms with Gasteiger partial charge in [-0.3, -0.25) is 14.9 Å². The molecule has 2 aromatic carbocycles. The molecule has 1 amide bonds. The molecule has 2 aromatic rings. The molecule has 1 atom stereocenters. The van der Waals surface area contributed by atoms with Gasteiger partial charge in [0.15, 0.2) is 11.5 Å². The number of nitrogens with zero attached hydrogens (tertiary/aromatic N) is 2. The average molecular weight is 374 g/mol. The number of non-ortho nitro benzene ring substituents is 1. The number of thioether (sulfide) groups is 1. The second-order valence-corrected chi connectivity index (χ2v) is 6.67. The SMILES string of the molecule is COc1ccccc1OCCN1C(=O)CS[C@H]1c1cccc([N+](=O)[O-])c1. The van der Waals surface area contributed by atoms with E-state index < -0.39 is 4.92 Å². The van der Waals surface area contributed by atoms with Crippen LogP contribution >= 0.6 is 11.8 Å². The van der Waals surface area contributed by atoms with Gasteiger partial charge < -0.3 is 14.4 Å². The Hall–Kier alpha value is -2.74. The molecule has 1 aliphatic heterocycles. The minimum atomic E-state index is -0.430. The summed E-state index contributed by atoms with van der Waals surface area (Å²) in [5.41, 5.74) is 0.764. The van der Waals surface area contributed by atoms with Crippen molar-refractivity contribution in [1.29, 1.82) is 0 Å². The second-order valence-electron chi connectivity index (χ2n) is 5.60. The molecule has 0 aliphatic carbocycles. The summed E-state index contributed by atoms with van der Waals surface area (Å²) < 4.78 is 11.0. The molecule has 136 valence electrons. The van der Waals surface area contributed by atoms with Gasteiger partial charge in [0, 0.05) is 12.1 Å². The number of para-hydroxylation sites is 2. The van der Waals surface area contributed by atoms with Gasteiger partial charge in [-0.05, 0) is 17.7 Å². The molecule has 0 aromatic heterocycles. The Morgan fingerprint density at radius 1 is 1.23 bits per heavy atom. The van der Waals surface area contributed by atoms with Crippen LogP contribution in [0.25, 0.3) is 0 Å². The highest BCUT2D eigenvalue weighted by atomic mass is 32.2. The first kappa shape index (κ1) is 18.1. The molecule has 0 spiro atoms. The zero-order valence-electron chi connectivity index (χ0n) is 14.2. The Morgan fingerprint density at radius 3 is 2.73 bits per heavy atom.